The van der Waals surface area contributed by atoms with E-state index in [2.05, 4.69) is 10.1 Å². The average Bonchev–Trinajstić information content (AvgIpc) is 3.01. The summed E-state index contributed by atoms with van der Waals surface area (Å²) in [6.45, 7) is 0.537. The number of ether oxygens (including phenoxy) is 1. The van der Waals surface area contributed by atoms with Crippen LogP contribution in [-0.2, 0) is 22.7 Å². The number of nitrogens with one attached hydrogen (secondary N) is 1. The summed E-state index contributed by atoms with van der Waals surface area (Å²) < 4.78 is 53.6. The first-order valence-corrected chi connectivity index (χ1v) is 8.84. The second-order valence-electron chi connectivity index (χ2n) is 6.71. The van der Waals surface area contributed by atoms with Gasteiger partial charge in [-0.25, -0.2) is 4.39 Å². The second-order valence-corrected chi connectivity index (χ2v) is 6.71. The molecule has 0 bridgehead atoms. The van der Waals surface area contributed by atoms with E-state index >= 15 is 0 Å². The fraction of sp³-hybridized carbons (Fsp3) is 0.300. The quantitative estimate of drug-likeness (QED) is 0.743. The van der Waals surface area contributed by atoms with Crippen molar-refractivity contribution in [3.05, 3.63) is 65.5 Å². The van der Waals surface area contributed by atoms with E-state index in [9.17, 15) is 27.2 Å². The lowest BCUT2D eigenvalue weighted by molar-refractivity contribution is -0.274. The molecule has 0 aromatic heterocycles. The van der Waals surface area contributed by atoms with Crippen molar-refractivity contribution in [2.24, 2.45) is 5.92 Å². The Morgan fingerprint density at radius 3 is 2.52 bits per heavy atom. The number of hydrogen-bond donors (Lipinski definition) is 1. The molecule has 1 heterocycles. The molecule has 5 nitrogen and oxygen atoms in total. The number of carbonyl (C=O) groups excluding carboxylic acids is 2. The maximum atomic E-state index is 13.2. The van der Waals surface area contributed by atoms with E-state index in [4.69, 9.17) is 0 Å². The van der Waals surface area contributed by atoms with E-state index < -0.39 is 18.1 Å². The normalized spacial score (nSPS) is 16.8. The van der Waals surface area contributed by atoms with Gasteiger partial charge in [0.05, 0.1) is 5.92 Å². The van der Waals surface area contributed by atoms with Gasteiger partial charge >= 0.3 is 6.36 Å². The Balaban J connectivity index is 1.52. The lowest BCUT2D eigenvalue weighted by atomic mass is 10.1. The van der Waals surface area contributed by atoms with Gasteiger partial charge in [0.2, 0.25) is 11.8 Å². The molecule has 0 spiro atoms. The minimum atomic E-state index is -4.77. The lowest BCUT2D eigenvalue weighted by Crippen LogP contribution is -2.32. The highest BCUT2D eigenvalue weighted by atomic mass is 19.4. The van der Waals surface area contributed by atoms with E-state index in [0.717, 1.165) is 0 Å². The predicted octanol–water partition coefficient (Wildman–Crippen LogP) is 3.39. The van der Waals surface area contributed by atoms with Crippen molar-refractivity contribution in [3.63, 3.8) is 0 Å². The van der Waals surface area contributed by atoms with Gasteiger partial charge in [-0.3, -0.25) is 9.59 Å². The third-order valence-corrected chi connectivity index (χ3v) is 4.47. The molecule has 1 fully saturated rings. The summed E-state index contributed by atoms with van der Waals surface area (Å²) in [5.74, 6) is -1.80. The molecule has 0 radical (unpaired) electrons. The van der Waals surface area contributed by atoms with Gasteiger partial charge in [0.15, 0.2) is 0 Å². The Kier molecular flexibility index (Phi) is 6.05. The highest BCUT2D eigenvalue weighted by molar-refractivity contribution is 5.89. The maximum absolute atomic E-state index is 13.2. The van der Waals surface area contributed by atoms with Crippen molar-refractivity contribution in [2.45, 2.75) is 25.9 Å². The topological polar surface area (TPSA) is 58.6 Å². The van der Waals surface area contributed by atoms with Gasteiger partial charge < -0.3 is 15.0 Å². The number of halogens is 4. The largest absolute Gasteiger partial charge is 0.573 e. The summed E-state index contributed by atoms with van der Waals surface area (Å²) in [6.07, 6.45) is -4.72. The molecule has 0 saturated carbocycles. The third kappa shape index (κ3) is 5.94. The van der Waals surface area contributed by atoms with E-state index in [0.29, 0.717) is 11.1 Å². The van der Waals surface area contributed by atoms with E-state index in [1.807, 2.05) is 0 Å². The summed E-state index contributed by atoms with van der Waals surface area (Å²) in [6, 6.07) is 11.1. The van der Waals surface area contributed by atoms with Crippen LogP contribution in [-0.4, -0.2) is 29.6 Å². The van der Waals surface area contributed by atoms with Gasteiger partial charge in [0.25, 0.3) is 0 Å². The third-order valence-electron chi connectivity index (χ3n) is 4.47. The number of rotatable bonds is 6. The first-order valence-electron chi connectivity index (χ1n) is 8.84. The molecule has 154 valence electrons. The standard InChI is InChI=1S/C20H18F4N2O3/c21-16-3-1-2-14(8-16)10-25-19(28)15-9-18(27)26(12-15)11-13-4-6-17(7-5-13)29-20(22,23)24/h1-8,15H,9-12H2,(H,25,28)/t15-/m1/s1. The van der Waals surface area contributed by atoms with Crippen molar-refractivity contribution in [2.75, 3.05) is 6.54 Å². The maximum Gasteiger partial charge on any atom is 0.573 e. The monoisotopic (exact) mass is 410 g/mol. The minimum Gasteiger partial charge on any atom is -0.406 e. The van der Waals surface area contributed by atoms with E-state index in [-0.39, 0.29) is 43.6 Å². The summed E-state index contributed by atoms with van der Waals surface area (Å²) in [7, 11) is 0. The first-order chi connectivity index (χ1) is 13.7. The zero-order valence-corrected chi connectivity index (χ0v) is 15.2. The second kappa shape index (κ2) is 8.50. The Hall–Kier alpha value is -3.10. The van der Waals surface area contributed by atoms with Crippen molar-refractivity contribution in [1.82, 2.24) is 10.2 Å². The molecule has 1 atom stereocenters. The summed E-state index contributed by atoms with van der Waals surface area (Å²) in [5, 5.41) is 2.69. The first kappa shape index (κ1) is 20.6. The van der Waals surface area contributed by atoms with Gasteiger partial charge in [0.1, 0.15) is 11.6 Å². The van der Waals surface area contributed by atoms with Gasteiger partial charge in [-0.15, -0.1) is 13.2 Å². The Bertz CT molecular complexity index is 884. The van der Waals surface area contributed by atoms with Crippen molar-refractivity contribution in [1.29, 1.82) is 0 Å². The smallest absolute Gasteiger partial charge is 0.406 e. The molecule has 29 heavy (non-hydrogen) atoms. The van der Waals surface area contributed by atoms with Crippen LogP contribution in [0.2, 0.25) is 0 Å². The SMILES string of the molecule is O=C(NCc1cccc(F)c1)[C@@H]1CC(=O)N(Cc2ccc(OC(F)(F)F)cc2)C1. The van der Waals surface area contributed by atoms with Crippen LogP contribution in [0.25, 0.3) is 0 Å². The number of hydrogen-bond acceptors (Lipinski definition) is 3. The molecule has 1 aliphatic rings. The number of carbonyl (C=O) groups is 2. The minimum absolute atomic E-state index is 0.0459. The molecular weight excluding hydrogens is 392 g/mol. The number of benzene rings is 2. The number of alkyl halides is 3. The molecule has 0 unspecified atom stereocenters. The summed E-state index contributed by atoms with van der Waals surface area (Å²) in [5.41, 5.74) is 1.23. The zero-order valence-electron chi connectivity index (χ0n) is 15.2. The van der Waals surface area contributed by atoms with Gasteiger partial charge in [-0.2, -0.15) is 0 Å². The summed E-state index contributed by atoms with van der Waals surface area (Å²) >= 11 is 0. The molecular formula is C20H18F4N2O3. The van der Waals surface area contributed by atoms with Crippen LogP contribution in [0.3, 0.4) is 0 Å². The molecule has 3 rings (SSSR count). The highest BCUT2D eigenvalue weighted by Gasteiger charge is 2.34. The molecule has 1 aliphatic heterocycles. The Labute approximate surface area is 164 Å². The molecule has 1 N–H and O–H groups in total. The Morgan fingerprint density at radius 2 is 1.86 bits per heavy atom. The van der Waals surface area contributed by atoms with Crippen molar-refractivity contribution >= 4 is 11.8 Å². The van der Waals surface area contributed by atoms with Crippen LogP contribution in [0.4, 0.5) is 17.6 Å². The molecule has 2 aromatic carbocycles. The van der Waals surface area contributed by atoms with E-state index in [1.165, 1.54) is 41.3 Å². The van der Waals surface area contributed by atoms with Gasteiger partial charge in [0, 0.05) is 26.1 Å². The number of nitrogens with zero attached hydrogens (tertiary/aromatic N) is 1. The van der Waals surface area contributed by atoms with Crippen LogP contribution >= 0.6 is 0 Å². The molecule has 0 aliphatic carbocycles. The average molecular weight is 410 g/mol. The molecule has 2 amide bonds. The summed E-state index contributed by atoms with van der Waals surface area (Å²) in [4.78, 5) is 26.0. The van der Waals surface area contributed by atoms with Crippen molar-refractivity contribution in [3.8, 4) is 5.75 Å². The molecule has 2 aromatic rings. The predicted molar refractivity (Wildman–Crippen MR) is 94.9 cm³/mol. The van der Waals surface area contributed by atoms with Crippen molar-refractivity contribution < 1.29 is 31.9 Å². The van der Waals surface area contributed by atoms with Gasteiger partial charge in [-0.05, 0) is 35.4 Å². The van der Waals surface area contributed by atoms with Crippen LogP contribution in [0.15, 0.2) is 48.5 Å². The van der Waals surface area contributed by atoms with Crippen LogP contribution < -0.4 is 10.1 Å². The van der Waals surface area contributed by atoms with Gasteiger partial charge in [-0.1, -0.05) is 24.3 Å². The highest BCUT2D eigenvalue weighted by Crippen LogP contribution is 2.25. The molecule has 9 heteroatoms. The fourth-order valence-corrected chi connectivity index (χ4v) is 3.10. The fourth-order valence-electron chi connectivity index (χ4n) is 3.10. The van der Waals surface area contributed by atoms with E-state index in [1.54, 1.807) is 12.1 Å². The van der Waals surface area contributed by atoms with Crippen LogP contribution in [0.1, 0.15) is 17.5 Å². The Morgan fingerprint density at radius 1 is 1.14 bits per heavy atom. The zero-order chi connectivity index (χ0) is 21.0. The molecule has 1 saturated heterocycles. The lowest BCUT2D eigenvalue weighted by Gasteiger charge is -2.17. The van der Waals surface area contributed by atoms with Crippen LogP contribution in [0.5, 0.6) is 5.75 Å². The number of likely N-dealkylation sites (tertiary alicyclic amines) is 1. The number of amides is 2. The van der Waals surface area contributed by atoms with Crippen LogP contribution in [0, 0.1) is 11.7 Å².